The number of rotatable bonds is 8. The fraction of sp³-hybridized carbons (Fsp3) is 0.467. The van der Waals surface area contributed by atoms with Gasteiger partial charge in [0.15, 0.2) is 0 Å². The van der Waals surface area contributed by atoms with E-state index in [4.69, 9.17) is 16.2 Å². The molecule has 0 aliphatic rings. The molecular weight excluding hydrogens is 286 g/mol. The number of anilines is 1. The van der Waals surface area contributed by atoms with Gasteiger partial charge in [-0.25, -0.2) is 4.79 Å². The van der Waals surface area contributed by atoms with E-state index in [0.717, 1.165) is 5.69 Å². The largest absolute Gasteiger partial charge is 0.449 e. The molecule has 0 aromatic heterocycles. The Balaban J connectivity index is 2.22. The second kappa shape index (κ2) is 9.01. The molecule has 7 nitrogen and oxygen atoms in total. The topological polar surface area (TPSA) is 119 Å². The molecule has 2 atom stereocenters. The molecule has 1 rings (SSSR count). The molecule has 2 amide bonds. The van der Waals surface area contributed by atoms with Crippen molar-refractivity contribution in [1.82, 2.24) is 0 Å². The van der Waals surface area contributed by atoms with Crippen LogP contribution in [0.1, 0.15) is 19.3 Å². The highest BCUT2D eigenvalue weighted by Crippen LogP contribution is 2.12. The van der Waals surface area contributed by atoms with Crippen LogP contribution in [0, 0.1) is 0 Å². The number of amides is 2. The van der Waals surface area contributed by atoms with Gasteiger partial charge in [-0.1, -0.05) is 18.2 Å². The van der Waals surface area contributed by atoms with E-state index < -0.39 is 24.1 Å². The van der Waals surface area contributed by atoms with Gasteiger partial charge in [-0.3, -0.25) is 9.69 Å². The SMILES string of the molecule is CN(C(=O)OCCCCC(N)C(O)C(N)=O)c1ccccc1. The van der Waals surface area contributed by atoms with Crippen LogP contribution in [0.2, 0.25) is 0 Å². The zero-order chi connectivity index (χ0) is 16.5. The summed E-state index contributed by atoms with van der Waals surface area (Å²) in [6, 6.07) is 8.47. The van der Waals surface area contributed by atoms with E-state index in [9.17, 15) is 14.7 Å². The maximum Gasteiger partial charge on any atom is 0.414 e. The number of aliphatic hydroxyl groups excluding tert-OH is 1. The first-order valence-corrected chi connectivity index (χ1v) is 7.12. The summed E-state index contributed by atoms with van der Waals surface area (Å²) >= 11 is 0. The van der Waals surface area contributed by atoms with Gasteiger partial charge in [-0.05, 0) is 31.4 Å². The van der Waals surface area contributed by atoms with Gasteiger partial charge in [0.25, 0.3) is 0 Å². The molecule has 0 spiro atoms. The summed E-state index contributed by atoms with van der Waals surface area (Å²) in [6.45, 7) is 0.245. The Morgan fingerprint density at radius 2 is 1.91 bits per heavy atom. The maximum absolute atomic E-state index is 11.8. The molecule has 1 aromatic carbocycles. The Bertz CT molecular complexity index is 481. The lowest BCUT2D eigenvalue weighted by Gasteiger charge is -2.17. The van der Waals surface area contributed by atoms with E-state index in [1.807, 2.05) is 30.3 Å². The van der Waals surface area contributed by atoms with E-state index in [2.05, 4.69) is 0 Å². The summed E-state index contributed by atoms with van der Waals surface area (Å²) in [7, 11) is 1.64. The standard InChI is InChI=1S/C15H23N3O4/c1-18(11-7-3-2-4-8-11)15(21)22-10-6-5-9-12(16)13(19)14(17)20/h2-4,7-8,12-13,19H,5-6,9-10,16H2,1H3,(H2,17,20). The molecule has 7 heteroatoms. The van der Waals surface area contributed by atoms with Crippen molar-refractivity contribution in [1.29, 1.82) is 0 Å². The molecule has 0 fully saturated rings. The van der Waals surface area contributed by atoms with Crippen LogP contribution in [-0.2, 0) is 9.53 Å². The molecular formula is C15H23N3O4. The van der Waals surface area contributed by atoms with Gasteiger partial charge in [-0.15, -0.1) is 0 Å². The third kappa shape index (κ3) is 5.71. The van der Waals surface area contributed by atoms with Crippen molar-refractivity contribution in [3.05, 3.63) is 30.3 Å². The number of aliphatic hydroxyl groups is 1. The zero-order valence-corrected chi connectivity index (χ0v) is 12.6. The Labute approximate surface area is 129 Å². The van der Waals surface area contributed by atoms with Crippen LogP contribution in [0.15, 0.2) is 30.3 Å². The Kier molecular flexibility index (Phi) is 7.34. The van der Waals surface area contributed by atoms with Gasteiger partial charge in [0.05, 0.1) is 6.61 Å². The molecule has 5 N–H and O–H groups in total. The van der Waals surface area contributed by atoms with Gasteiger partial charge >= 0.3 is 6.09 Å². The number of benzene rings is 1. The highest BCUT2D eigenvalue weighted by Gasteiger charge is 2.19. The first-order chi connectivity index (χ1) is 10.4. The van der Waals surface area contributed by atoms with E-state index in [0.29, 0.717) is 19.3 Å². The third-order valence-corrected chi connectivity index (χ3v) is 3.27. The minimum absolute atomic E-state index is 0.245. The highest BCUT2D eigenvalue weighted by molar-refractivity contribution is 5.86. The summed E-state index contributed by atoms with van der Waals surface area (Å²) in [5.41, 5.74) is 11.3. The predicted octanol–water partition coefficient (Wildman–Crippen LogP) is 0.603. The number of primary amides is 1. The first kappa shape index (κ1) is 17.9. The van der Waals surface area contributed by atoms with Crippen LogP contribution in [0.25, 0.3) is 0 Å². The van der Waals surface area contributed by atoms with Gasteiger partial charge in [0.1, 0.15) is 6.10 Å². The second-order valence-electron chi connectivity index (χ2n) is 5.02. The molecule has 0 aliphatic carbocycles. The summed E-state index contributed by atoms with van der Waals surface area (Å²) in [4.78, 5) is 24.0. The molecule has 22 heavy (non-hydrogen) atoms. The monoisotopic (exact) mass is 309 g/mol. The second-order valence-corrected chi connectivity index (χ2v) is 5.02. The molecule has 0 aliphatic heterocycles. The molecule has 0 saturated heterocycles. The molecule has 1 aromatic rings. The Morgan fingerprint density at radius 1 is 1.27 bits per heavy atom. The van der Waals surface area contributed by atoms with Crippen LogP contribution in [0.4, 0.5) is 10.5 Å². The third-order valence-electron chi connectivity index (χ3n) is 3.27. The van der Waals surface area contributed by atoms with Crippen molar-refractivity contribution in [2.45, 2.75) is 31.4 Å². The van der Waals surface area contributed by atoms with E-state index in [-0.39, 0.29) is 6.61 Å². The van der Waals surface area contributed by atoms with Crippen LogP contribution >= 0.6 is 0 Å². The molecule has 0 bridgehead atoms. The summed E-state index contributed by atoms with van der Waals surface area (Å²) in [5.74, 6) is -0.830. The first-order valence-electron chi connectivity index (χ1n) is 7.12. The minimum atomic E-state index is -1.34. The number of carbonyl (C=O) groups excluding carboxylic acids is 2. The van der Waals surface area contributed by atoms with Crippen molar-refractivity contribution < 1.29 is 19.4 Å². The molecule has 2 unspecified atom stereocenters. The highest BCUT2D eigenvalue weighted by atomic mass is 16.6. The minimum Gasteiger partial charge on any atom is -0.449 e. The molecule has 0 heterocycles. The summed E-state index contributed by atoms with van der Waals surface area (Å²) in [6.07, 6.45) is -0.142. The Hall–Kier alpha value is -2.12. The van der Waals surface area contributed by atoms with Crippen LogP contribution in [0.3, 0.4) is 0 Å². The Morgan fingerprint density at radius 3 is 2.50 bits per heavy atom. The van der Waals surface area contributed by atoms with Crippen molar-refractivity contribution in [2.75, 3.05) is 18.6 Å². The number of ether oxygens (including phenoxy) is 1. The van der Waals surface area contributed by atoms with E-state index in [1.165, 1.54) is 4.90 Å². The number of unbranched alkanes of at least 4 members (excludes halogenated alkanes) is 1. The van der Waals surface area contributed by atoms with E-state index >= 15 is 0 Å². The quantitative estimate of drug-likeness (QED) is 0.608. The number of hydrogen-bond acceptors (Lipinski definition) is 5. The lowest BCUT2D eigenvalue weighted by atomic mass is 10.0. The van der Waals surface area contributed by atoms with Gasteiger partial charge in [0, 0.05) is 18.8 Å². The van der Waals surface area contributed by atoms with Crippen molar-refractivity contribution in [3.63, 3.8) is 0 Å². The summed E-state index contributed by atoms with van der Waals surface area (Å²) in [5, 5.41) is 9.35. The van der Waals surface area contributed by atoms with Gasteiger partial charge in [-0.2, -0.15) is 0 Å². The lowest BCUT2D eigenvalue weighted by molar-refractivity contribution is -0.127. The van der Waals surface area contributed by atoms with Crippen molar-refractivity contribution in [3.8, 4) is 0 Å². The van der Waals surface area contributed by atoms with E-state index in [1.54, 1.807) is 7.05 Å². The number of hydrogen-bond donors (Lipinski definition) is 3. The van der Waals surface area contributed by atoms with Crippen LogP contribution in [-0.4, -0.2) is 42.9 Å². The van der Waals surface area contributed by atoms with Crippen molar-refractivity contribution >= 4 is 17.7 Å². The van der Waals surface area contributed by atoms with Gasteiger partial charge in [0.2, 0.25) is 5.91 Å². The number of para-hydroxylation sites is 1. The number of nitrogens with two attached hydrogens (primary N) is 2. The lowest BCUT2D eigenvalue weighted by Crippen LogP contribution is -2.43. The smallest absolute Gasteiger partial charge is 0.414 e. The van der Waals surface area contributed by atoms with Crippen LogP contribution < -0.4 is 16.4 Å². The van der Waals surface area contributed by atoms with Crippen molar-refractivity contribution in [2.24, 2.45) is 11.5 Å². The summed E-state index contributed by atoms with van der Waals surface area (Å²) < 4.78 is 5.14. The average Bonchev–Trinajstić information content (AvgIpc) is 2.53. The molecule has 122 valence electrons. The fourth-order valence-corrected chi connectivity index (χ4v) is 1.86. The maximum atomic E-state index is 11.8. The zero-order valence-electron chi connectivity index (χ0n) is 12.6. The molecule has 0 saturated carbocycles. The number of carbonyl (C=O) groups is 2. The molecule has 0 radical (unpaired) electrons. The normalized spacial score (nSPS) is 13.2. The predicted molar refractivity (Wildman–Crippen MR) is 83.2 cm³/mol. The fourth-order valence-electron chi connectivity index (χ4n) is 1.86. The van der Waals surface area contributed by atoms with Crippen LogP contribution in [0.5, 0.6) is 0 Å². The number of nitrogens with zero attached hydrogens (tertiary/aromatic N) is 1. The van der Waals surface area contributed by atoms with Gasteiger partial charge < -0.3 is 21.3 Å². The average molecular weight is 309 g/mol.